The molecule has 1 aromatic carbocycles. The molecule has 10 nitrogen and oxygen atoms in total. The van der Waals surface area contributed by atoms with Gasteiger partial charge >= 0.3 is 0 Å². The van der Waals surface area contributed by atoms with Crippen LogP contribution in [0.15, 0.2) is 92.6 Å². The fourth-order valence-electron chi connectivity index (χ4n) is 4.28. The second kappa shape index (κ2) is 30.9. The Morgan fingerprint density at radius 3 is 2.35 bits per heavy atom. The molecule has 1 fully saturated rings. The van der Waals surface area contributed by atoms with E-state index in [1.54, 1.807) is 18.0 Å². The van der Waals surface area contributed by atoms with Crippen LogP contribution in [-0.2, 0) is 25.7 Å². The van der Waals surface area contributed by atoms with Crippen LogP contribution in [0, 0.1) is 0 Å². The molecule has 46 heavy (non-hydrogen) atoms. The second-order valence-corrected chi connectivity index (χ2v) is 10.0. The highest BCUT2D eigenvalue weighted by Gasteiger charge is 2.34. The predicted molar refractivity (Wildman–Crippen MR) is 190 cm³/mol. The molecule has 1 aromatic rings. The molecular formula is C36H58N6O4. The first kappa shape index (κ1) is 44.0. The zero-order valence-corrected chi connectivity index (χ0v) is 28.6. The van der Waals surface area contributed by atoms with E-state index in [4.69, 9.17) is 4.79 Å². The Hall–Kier alpha value is -4.12. The average Bonchev–Trinajstić information content (AvgIpc) is 3.05. The van der Waals surface area contributed by atoms with Gasteiger partial charge in [0.25, 0.3) is 0 Å². The molecule has 2 rings (SSSR count). The van der Waals surface area contributed by atoms with E-state index in [1.807, 2.05) is 60.4 Å². The topological polar surface area (TPSA) is 114 Å². The van der Waals surface area contributed by atoms with Gasteiger partial charge < -0.3 is 19.9 Å². The van der Waals surface area contributed by atoms with Crippen molar-refractivity contribution in [3.8, 4) is 0 Å². The third-order valence-electron chi connectivity index (χ3n) is 6.35. The molecule has 1 heterocycles. The average molecular weight is 639 g/mol. The first-order valence-corrected chi connectivity index (χ1v) is 15.7. The number of likely N-dealkylation sites (N-methyl/N-ethyl adjacent to an activating group) is 1. The number of amides is 3. The molecule has 1 unspecified atom stereocenters. The molecule has 3 N–H and O–H groups in total. The van der Waals surface area contributed by atoms with Crippen LogP contribution in [0.25, 0.3) is 0 Å². The molecule has 1 saturated heterocycles. The van der Waals surface area contributed by atoms with E-state index in [0.717, 1.165) is 44.2 Å². The molecule has 0 aliphatic carbocycles. The van der Waals surface area contributed by atoms with Crippen LogP contribution >= 0.6 is 0 Å². The fourth-order valence-corrected chi connectivity index (χ4v) is 4.28. The van der Waals surface area contributed by atoms with Crippen LogP contribution in [0.5, 0.6) is 0 Å². The molecule has 0 radical (unpaired) electrons. The number of carbonyl (C=O) groups is 4. The summed E-state index contributed by atoms with van der Waals surface area (Å²) < 4.78 is 0. The van der Waals surface area contributed by atoms with E-state index in [0.29, 0.717) is 26.0 Å². The zero-order chi connectivity index (χ0) is 35.0. The van der Waals surface area contributed by atoms with E-state index in [2.05, 4.69) is 55.4 Å². The Kier molecular flexibility index (Phi) is 29.5. The standard InChI is InChI=1S/C26H37N5O3.C6H13N.C2H4O.C2H4/c1-4-11-22(12-5-2)13-9-10-16-30-18-24(27-17-23-14-7-6-8-15-23)31(20-25(30)33)26(34)19-29(3)28-21-32;1-3-5-7-6-4-2;1-2-3;1-2/h4-8,11-12,14-15,21,24,27H,1,9-10,13,16-20H2,2-3H3,(H,28,32);3,7H,1,4-6H2,2H3;2H,1H3;1-2H2/b12-5-,22-11+;;;. The molecular weight excluding hydrogens is 580 g/mol. The molecule has 1 aliphatic heterocycles. The smallest absolute Gasteiger partial charge is 0.242 e. The summed E-state index contributed by atoms with van der Waals surface area (Å²) in [5.74, 6) is -0.284. The van der Waals surface area contributed by atoms with Gasteiger partial charge in [-0.15, -0.1) is 19.7 Å². The third-order valence-corrected chi connectivity index (χ3v) is 6.35. The van der Waals surface area contributed by atoms with E-state index >= 15 is 0 Å². The molecule has 0 bridgehead atoms. The Morgan fingerprint density at radius 1 is 1.11 bits per heavy atom. The van der Waals surface area contributed by atoms with Crippen LogP contribution in [0.2, 0.25) is 0 Å². The Bertz CT molecular complexity index is 1040. The van der Waals surface area contributed by atoms with Crippen molar-refractivity contribution in [3.05, 3.63) is 98.2 Å². The minimum absolute atomic E-state index is 0.0143. The lowest BCUT2D eigenvalue weighted by molar-refractivity contribution is -0.151. The van der Waals surface area contributed by atoms with Gasteiger partial charge in [0.15, 0.2) is 0 Å². The van der Waals surface area contributed by atoms with Crippen molar-refractivity contribution in [2.45, 2.75) is 59.2 Å². The van der Waals surface area contributed by atoms with Crippen LogP contribution in [-0.4, -0.2) is 91.8 Å². The number of piperazine rings is 1. The van der Waals surface area contributed by atoms with Crippen LogP contribution < -0.4 is 16.1 Å². The van der Waals surface area contributed by atoms with Crippen molar-refractivity contribution >= 4 is 24.5 Å². The van der Waals surface area contributed by atoms with Gasteiger partial charge in [-0.25, -0.2) is 5.01 Å². The highest BCUT2D eigenvalue weighted by Crippen LogP contribution is 2.15. The molecule has 256 valence electrons. The summed E-state index contributed by atoms with van der Waals surface area (Å²) in [6.07, 6.45) is 14.7. The van der Waals surface area contributed by atoms with Gasteiger partial charge in [0, 0.05) is 26.7 Å². The lowest BCUT2D eigenvalue weighted by atomic mass is 10.1. The van der Waals surface area contributed by atoms with Crippen LogP contribution in [0.1, 0.15) is 52.0 Å². The van der Waals surface area contributed by atoms with Gasteiger partial charge in [0.1, 0.15) is 19.0 Å². The SMILES string of the molecule is C=C.C=C/C=C(\C=C/C)CCCCN1CC(NCc2ccccc2)N(C(=O)CN(C)NC=O)CC1=O.C=CCNCCC.CC=O. The summed E-state index contributed by atoms with van der Waals surface area (Å²) in [6.45, 7) is 22.6. The molecule has 0 aromatic heterocycles. The monoisotopic (exact) mass is 638 g/mol. The summed E-state index contributed by atoms with van der Waals surface area (Å²) in [4.78, 5) is 48.7. The molecule has 3 amide bonds. The van der Waals surface area contributed by atoms with E-state index in [1.165, 1.54) is 23.9 Å². The van der Waals surface area contributed by atoms with Crippen LogP contribution in [0.4, 0.5) is 0 Å². The highest BCUT2D eigenvalue weighted by atomic mass is 16.2. The molecule has 1 aliphatic rings. The van der Waals surface area contributed by atoms with Gasteiger partial charge in [-0.05, 0) is 57.2 Å². The van der Waals surface area contributed by atoms with Gasteiger partial charge in [-0.2, -0.15) is 0 Å². The van der Waals surface area contributed by atoms with Crippen molar-refractivity contribution < 1.29 is 19.2 Å². The maximum Gasteiger partial charge on any atom is 0.242 e. The summed E-state index contributed by atoms with van der Waals surface area (Å²) in [7, 11) is 1.61. The van der Waals surface area contributed by atoms with Crippen molar-refractivity contribution in [1.29, 1.82) is 0 Å². The Morgan fingerprint density at radius 2 is 1.78 bits per heavy atom. The Labute approximate surface area is 277 Å². The summed E-state index contributed by atoms with van der Waals surface area (Å²) in [5, 5.41) is 8.01. The summed E-state index contributed by atoms with van der Waals surface area (Å²) >= 11 is 0. The zero-order valence-electron chi connectivity index (χ0n) is 28.6. The number of allylic oxidation sites excluding steroid dienone is 5. The summed E-state index contributed by atoms with van der Waals surface area (Å²) in [6, 6.07) is 9.94. The minimum atomic E-state index is -0.311. The lowest BCUT2D eigenvalue weighted by Gasteiger charge is -2.42. The number of unbranched alkanes of at least 4 members (excludes halogenated alkanes) is 1. The number of nitrogens with one attached hydrogen (secondary N) is 3. The number of nitrogens with zero attached hydrogens (tertiary/aromatic N) is 3. The molecule has 0 saturated carbocycles. The maximum absolute atomic E-state index is 12.9. The van der Waals surface area contributed by atoms with Crippen molar-refractivity contribution in [3.63, 3.8) is 0 Å². The first-order chi connectivity index (χ1) is 22.3. The third kappa shape index (κ3) is 21.6. The molecule has 0 spiro atoms. The van der Waals surface area contributed by atoms with E-state index < -0.39 is 0 Å². The number of hydrazine groups is 1. The number of carbonyl (C=O) groups excluding carboxylic acids is 4. The van der Waals surface area contributed by atoms with Crippen molar-refractivity contribution in [2.24, 2.45) is 0 Å². The molecule has 1 atom stereocenters. The quantitative estimate of drug-likeness (QED) is 0.0718. The van der Waals surface area contributed by atoms with Crippen LogP contribution in [0.3, 0.4) is 0 Å². The lowest BCUT2D eigenvalue weighted by Crippen LogP contribution is -2.64. The summed E-state index contributed by atoms with van der Waals surface area (Å²) in [5.41, 5.74) is 4.76. The second-order valence-electron chi connectivity index (χ2n) is 10.0. The van der Waals surface area contributed by atoms with Crippen molar-refractivity contribution in [2.75, 3.05) is 46.3 Å². The number of hydrogen-bond acceptors (Lipinski definition) is 7. The highest BCUT2D eigenvalue weighted by molar-refractivity contribution is 5.87. The van der Waals surface area contributed by atoms with Crippen molar-refractivity contribution in [1.82, 2.24) is 30.9 Å². The normalized spacial score (nSPS) is 14.2. The van der Waals surface area contributed by atoms with Gasteiger partial charge in [0.05, 0.1) is 13.1 Å². The van der Waals surface area contributed by atoms with E-state index in [-0.39, 0.29) is 31.1 Å². The van der Waals surface area contributed by atoms with Gasteiger partial charge in [0.2, 0.25) is 18.2 Å². The van der Waals surface area contributed by atoms with E-state index in [9.17, 15) is 14.4 Å². The predicted octanol–water partition coefficient (Wildman–Crippen LogP) is 4.40. The minimum Gasteiger partial charge on any atom is -0.338 e. The molecule has 10 heteroatoms. The number of benzene rings is 1. The maximum atomic E-state index is 12.9. The van der Waals surface area contributed by atoms with Gasteiger partial charge in [-0.3, -0.25) is 25.1 Å². The Balaban J connectivity index is 0. The fraction of sp³-hybridized carbons (Fsp3) is 0.444. The first-order valence-electron chi connectivity index (χ1n) is 15.7. The van der Waals surface area contributed by atoms with Gasteiger partial charge in [-0.1, -0.05) is 74.2 Å². The largest absolute Gasteiger partial charge is 0.338 e. The number of hydrogen-bond donors (Lipinski definition) is 3. The number of rotatable bonds is 18. The number of aldehydes is 1.